The van der Waals surface area contributed by atoms with Crippen LogP contribution in [0.1, 0.15) is 0 Å². The molecule has 19 heavy (non-hydrogen) atoms. The summed E-state index contributed by atoms with van der Waals surface area (Å²) in [6.07, 6.45) is 0. The van der Waals surface area contributed by atoms with Crippen molar-refractivity contribution in [3.05, 3.63) is 53.8 Å². The number of anilines is 2. The number of hydrogen-bond donors (Lipinski definition) is 0. The molecule has 2 aromatic rings. The third-order valence-electron chi connectivity index (χ3n) is 2.97. The van der Waals surface area contributed by atoms with Crippen LogP contribution >= 0.6 is 0 Å². The quantitative estimate of drug-likeness (QED) is 0.816. The van der Waals surface area contributed by atoms with Gasteiger partial charge >= 0.3 is 0 Å². The molecule has 0 fully saturated rings. The molecule has 0 N–H and O–H groups in total. The predicted octanol–water partition coefficient (Wildman–Crippen LogP) is 4.16. The van der Waals surface area contributed by atoms with Crippen molar-refractivity contribution in [1.82, 2.24) is 0 Å². The van der Waals surface area contributed by atoms with Gasteiger partial charge < -0.3 is 15.1 Å². The second-order valence-electron chi connectivity index (χ2n) is 4.88. The van der Waals surface area contributed by atoms with Gasteiger partial charge in [0.25, 0.3) is 0 Å². The van der Waals surface area contributed by atoms with Crippen LogP contribution in [0.4, 0.5) is 22.7 Å². The van der Waals surface area contributed by atoms with Crippen LogP contribution in [0.3, 0.4) is 0 Å². The van der Waals surface area contributed by atoms with E-state index in [1.807, 2.05) is 64.6 Å². The number of benzene rings is 2. The second kappa shape index (κ2) is 5.65. The molecular weight excluding hydrogens is 234 g/mol. The van der Waals surface area contributed by atoms with Gasteiger partial charge in [-0.05, 0) is 12.1 Å². The van der Waals surface area contributed by atoms with E-state index >= 15 is 0 Å². The summed E-state index contributed by atoms with van der Waals surface area (Å²) in [6, 6.07) is 16.4. The maximum Gasteiger partial charge on any atom is 0.0211 e. The fourth-order valence-electron chi connectivity index (χ4n) is 2.00. The first-order valence-electron chi connectivity index (χ1n) is 6.34. The van der Waals surface area contributed by atoms with E-state index in [0.29, 0.717) is 0 Å². The van der Waals surface area contributed by atoms with Gasteiger partial charge in [0.05, 0.1) is 0 Å². The average molecular weight is 254 g/mol. The lowest BCUT2D eigenvalue weighted by molar-refractivity contribution is 1.13. The van der Waals surface area contributed by atoms with Crippen molar-refractivity contribution in [2.45, 2.75) is 0 Å². The smallest absolute Gasteiger partial charge is 0.0211 e. The second-order valence-corrected chi connectivity index (χ2v) is 4.88. The van der Waals surface area contributed by atoms with Crippen molar-refractivity contribution in [2.24, 2.45) is 0 Å². The SMILES string of the molecule is CN(C)c1ccccc1[N-]c1ccccc1N(C)C. The Morgan fingerprint density at radius 2 is 1.00 bits per heavy atom. The molecule has 0 atom stereocenters. The largest absolute Gasteiger partial charge is 0.655 e. The zero-order chi connectivity index (χ0) is 13.8. The van der Waals surface area contributed by atoms with Crippen molar-refractivity contribution in [1.29, 1.82) is 0 Å². The van der Waals surface area contributed by atoms with Crippen LogP contribution in [0.15, 0.2) is 48.5 Å². The first kappa shape index (κ1) is 13.3. The fraction of sp³-hybridized carbons (Fsp3) is 0.250. The van der Waals surface area contributed by atoms with Gasteiger partial charge in [-0.2, -0.15) is 0 Å². The van der Waals surface area contributed by atoms with Gasteiger partial charge in [0.1, 0.15) is 0 Å². The normalized spacial score (nSPS) is 10.1. The molecule has 100 valence electrons. The lowest BCUT2D eigenvalue weighted by Gasteiger charge is -2.32. The van der Waals surface area contributed by atoms with E-state index in [2.05, 4.69) is 21.9 Å². The van der Waals surface area contributed by atoms with Crippen LogP contribution in [0.2, 0.25) is 0 Å². The van der Waals surface area contributed by atoms with E-state index in [0.717, 1.165) is 22.7 Å². The molecule has 0 spiro atoms. The van der Waals surface area contributed by atoms with Gasteiger partial charge in [-0.15, -0.1) is 11.4 Å². The van der Waals surface area contributed by atoms with E-state index in [4.69, 9.17) is 5.32 Å². The van der Waals surface area contributed by atoms with Crippen LogP contribution in [0, 0.1) is 0 Å². The molecule has 0 radical (unpaired) electrons. The summed E-state index contributed by atoms with van der Waals surface area (Å²) in [5.41, 5.74) is 4.22. The van der Waals surface area contributed by atoms with Gasteiger partial charge in [-0.25, -0.2) is 0 Å². The average Bonchev–Trinajstić information content (AvgIpc) is 2.39. The number of nitrogens with zero attached hydrogens (tertiary/aromatic N) is 3. The van der Waals surface area contributed by atoms with E-state index in [-0.39, 0.29) is 0 Å². The Kier molecular flexibility index (Phi) is 3.95. The summed E-state index contributed by atoms with van der Waals surface area (Å²) in [5, 5.41) is 4.80. The van der Waals surface area contributed by atoms with Gasteiger partial charge in [-0.1, -0.05) is 36.4 Å². The minimum absolute atomic E-state index is 0.988. The van der Waals surface area contributed by atoms with Crippen LogP contribution in [0.25, 0.3) is 5.32 Å². The predicted molar refractivity (Wildman–Crippen MR) is 84.2 cm³/mol. The highest BCUT2D eigenvalue weighted by Gasteiger charge is 1.99. The number of rotatable bonds is 4. The highest BCUT2D eigenvalue weighted by molar-refractivity contribution is 5.85. The minimum atomic E-state index is 0.988. The van der Waals surface area contributed by atoms with Crippen molar-refractivity contribution in [2.75, 3.05) is 38.0 Å². The molecule has 0 bridgehead atoms. The highest BCUT2D eigenvalue weighted by atomic mass is 15.1. The molecule has 0 amide bonds. The maximum atomic E-state index is 4.80. The zero-order valence-electron chi connectivity index (χ0n) is 12.0. The molecule has 0 aliphatic rings. The molecular formula is C16H20N3-. The summed E-state index contributed by atoms with van der Waals surface area (Å²) in [7, 11) is 8.14. The first-order valence-corrected chi connectivity index (χ1v) is 6.34. The van der Waals surface area contributed by atoms with Gasteiger partial charge in [0.15, 0.2) is 0 Å². The topological polar surface area (TPSA) is 20.6 Å². The van der Waals surface area contributed by atoms with Crippen LogP contribution in [-0.2, 0) is 0 Å². The molecule has 2 aromatic carbocycles. The van der Waals surface area contributed by atoms with Crippen LogP contribution < -0.4 is 9.80 Å². The molecule has 0 aliphatic carbocycles. The Balaban J connectivity index is 2.37. The van der Waals surface area contributed by atoms with Crippen molar-refractivity contribution in [3.63, 3.8) is 0 Å². The fourth-order valence-corrected chi connectivity index (χ4v) is 2.00. The standard InChI is InChI=1S/C16H20N3/c1-18(2)15-11-7-5-9-13(15)17-14-10-6-8-12-16(14)19(3)4/h5-12H,1-4H3/q-1. The Morgan fingerprint density at radius 1 is 0.632 bits per heavy atom. The van der Waals surface area contributed by atoms with Gasteiger partial charge in [0, 0.05) is 39.6 Å². The molecule has 3 nitrogen and oxygen atoms in total. The van der Waals surface area contributed by atoms with Gasteiger partial charge in [0.2, 0.25) is 0 Å². The van der Waals surface area contributed by atoms with E-state index in [1.165, 1.54) is 0 Å². The lowest BCUT2D eigenvalue weighted by Crippen LogP contribution is -2.09. The Hall–Kier alpha value is -2.16. The molecule has 0 aliphatic heterocycles. The van der Waals surface area contributed by atoms with E-state index in [1.54, 1.807) is 0 Å². The van der Waals surface area contributed by atoms with Crippen molar-refractivity contribution < 1.29 is 0 Å². The molecule has 0 heterocycles. The minimum Gasteiger partial charge on any atom is -0.655 e. The van der Waals surface area contributed by atoms with Gasteiger partial charge in [-0.3, -0.25) is 0 Å². The Morgan fingerprint density at radius 3 is 1.37 bits per heavy atom. The summed E-state index contributed by atoms with van der Waals surface area (Å²) in [5.74, 6) is 0. The third-order valence-corrected chi connectivity index (χ3v) is 2.97. The Labute approximate surface area is 115 Å². The zero-order valence-corrected chi connectivity index (χ0v) is 12.0. The summed E-state index contributed by atoms with van der Waals surface area (Å²) >= 11 is 0. The molecule has 2 rings (SSSR count). The summed E-state index contributed by atoms with van der Waals surface area (Å²) in [4.78, 5) is 4.16. The van der Waals surface area contributed by atoms with Crippen molar-refractivity contribution >= 4 is 22.7 Å². The molecule has 3 heteroatoms. The lowest BCUT2D eigenvalue weighted by atomic mass is 10.2. The summed E-state index contributed by atoms with van der Waals surface area (Å²) in [6.45, 7) is 0. The molecule has 0 saturated heterocycles. The van der Waals surface area contributed by atoms with E-state index < -0.39 is 0 Å². The molecule has 0 aromatic heterocycles. The maximum absolute atomic E-state index is 4.80. The van der Waals surface area contributed by atoms with Crippen LogP contribution in [0.5, 0.6) is 0 Å². The monoisotopic (exact) mass is 254 g/mol. The number of para-hydroxylation sites is 4. The molecule has 0 unspecified atom stereocenters. The third kappa shape index (κ3) is 2.99. The highest BCUT2D eigenvalue weighted by Crippen LogP contribution is 2.41. The van der Waals surface area contributed by atoms with Crippen molar-refractivity contribution in [3.8, 4) is 0 Å². The molecule has 0 saturated carbocycles. The van der Waals surface area contributed by atoms with E-state index in [9.17, 15) is 0 Å². The number of hydrogen-bond acceptors (Lipinski definition) is 2. The van der Waals surface area contributed by atoms with Crippen LogP contribution in [-0.4, -0.2) is 28.2 Å². The summed E-state index contributed by atoms with van der Waals surface area (Å²) < 4.78 is 0. The Bertz CT molecular complexity index is 498. The first-order chi connectivity index (χ1) is 9.09.